The van der Waals surface area contributed by atoms with E-state index >= 15 is 0 Å². The minimum Gasteiger partial charge on any atom is -0.481 e. The minimum absolute atomic E-state index is 0.0297. The van der Waals surface area contributed by atoms with Crippen molar-refractivity contribution >= 4 is 5.97 Å². The van der Waals surface area contributed by atoms with E-state index in [9.17, 15) is 30.3 Å². The van der Waals surface area contributed by atoms with Gasteiger partial charge in [0.15, 0.2) is 0 Å². The molecule has 8 nitrogen and oxygen atoms in total. The van der Waals surface area contributed by atoms with Gasteiger partial charge in [-0.3, -0.25) is 4.79 Å². The van der Waals surface area contributed by atoms with E-state index in [1.165, 1.54) is 5.57 Å². The van der Waals surface area contributed by atoms with Gasteiger partial charge in [-0.2, -0.15) is 0 Å². The van der Waals surface area contributed by atoms with Crippen molar-refractivity contribution in [3.05, 3.63) is 11.6 Å². The summed E-state index contributed by atoms with van der Waals surface area (Å²) in [6.45, 7) is 13.9. The Bertz CT molecular complexity index is 1230. The summed E-state index contributed by atoms with van der Waals surface area (Å²) in [5.41, 5.74) is 0.683. The Hall–Kier alpha value is -1.03. The lowest BCUT2D eigenvalue weighted by Gasteiger charge is -2.74. The Kier molecular flexibility index (Phi) is 7.00. The number of carbonyl (C=O) groups is 1. The molecule has 0 radical (unpaired) electrons. The fourth-order valence-corrected chi connectivity index (χ4v) is 13.0. The van der Waals surface area contributed by atoms with Crippen molar-refractivity contribution in [2.75, 3.05) is 6.61 Å². The lowest BCUT2D eigenvalue weighted by Crippen LogP contribution is -2.76. The maximum Gasteiger partial charge on any atom is 0.310 e. The molecule has 4 saturated carbocycles. The van der Waals surface area contributed by atoms with Gasteiger partial charge in [-0.25, -0.2) is 0 Å². The van der Waals surface area contributed by atoms with Crippen molar-refractivity contribution in [3.8, 4) is 0 Å². The Morgan fingerprint density at radius 1 is 0.864 bits per heavy atom. The van der Waals surface area contributed by atoms with Crippen molar-refractivity contribution in [1.82, 2.24) is 0 Å². The van der Waals surface area contributed by atoms with Gasteiger partial charge in [-0.1, -0.05) is 46.3 Å². The number of aliphatic hydroxyl groups excluding tert-OH is 4. The van der Waals surface area contributed by atoms with Crippen LogP contribution in [0.1, 0.15) is 106 Å². The number of aliphatic hydroxyl groups is 4. The summed E-state index contributed by atoms with van der Waals surface area (Å²) < 4.78 is 12.8. The molecule has 15 atom stereocenters. The summed E-state index contributed by atoms with van der Waals surface area (Å²) in [7, 11) is 0. The van der Waals surface area contributed by atoms with Crippen molar-refractivity contribution < 1.29 is 39.8 Å². The molecule has 5 N–H and O–H groups in total. The molecule has 2 aliphatic heterocycles. The molecule has 0 amide bonds. The van der Waals surface area contributed by atoms with E-state index in [1.54, 1.807) is 0 Å². The molecule has 7 aliphatic rings. The maximum absolute atomic E-state index is 12.9. The number of rotatable bonds is 3. The number of fused-ring (bicyclic) bond motifs is 9. The van der Waals surface area contributed by atoms with E-state index in [0.29, 0.717) is 11.8 Å². The summed E-state index contributed by atoms with van der Waals surface area (Å²) in [4.78, 5) is 12.9. The number of carboxylic acids is 1. The number of aliphatic carboxylic acids is 1. The molecule has 7 rings (SSSR count). The number of hydrogen-bond donors (Lipinski definition) is 5. The molecular formula is C36H56O8. The number of ether oxygens (including phenoxy) is 2. The highest BCUT2D eigenvalue weighted by Gasteiger charge is 2.73. The van der Waals surface area contributed by atoms with Gasteiger partial charge in [-0.05, 0) is 111 Å². The highest BCUT2D eigenvalue weighted by atomic mass is 16.6. The van der Waals surface area contributed by atoms with Crippen LogP contribution in [-0.2, 0) is 14.3 Å². The van der Waals surface area contributed by atoms with Crippen LogP contribution in [0, 0.1) is 50.7 Å². The SMILES string of the molecule is CC1(C)CC[C@]2(C(=O)O)CC[C@]3(C)C(=CCC4[C@@]5(C)CC[C@H]6C([C@@H]7OC(CO)[C@H](O)C(O)C7O)O[C@@]6(C)C5CC[C@]43C)C2C1. The zero-order valence-electron chi connectivity index (χ0n) is 27.6. The van der Waals surface area contributed by atoms with Crippen molar-refractivity contribution in [3.63, 3.8) is 0 Å². The fraction of sp³-hybridized carbons (Fsp3) is 0.917. The first kappa shape index (κ1) is 31.6. The Balaban J connectivity index is 1.18. The van der Waals surface area contributed by atoms with E-state index in [2.05, 4.69) is 47.6 Å². The summed E-state index contributed by atoms with van der Waals surface area (Å²) in [5.74, 6) is 0.470. The Morgan fingerprint density at radius 3 is 2.25 bits per heavy atom. The maximum atomic E-state index is 12.9. The van der Waals surface area contributed by atoms with Crippen LogP contribution in [0.5, 0.6) is 0 Å². The average molecular weight is 617 g/mol. The summed E-state index contributed by atoms with van der Waals surface area (Å²) >= 11 is 0. The normalized spacial score (nSPS) is 57.7. The fourth-order valence-electron chi connectivity index (χ4n) is 13.0. The van der Waals surface area contributed by atoms with Gasteiger partial charge in [0.1, 0.15) is 30.5 Å². The van der Waals surface area contributed by atoms with Gasteiger partial charge < -0.3 is 35.0 Å². The zero-order chi connectivity index (χ0) is 31.8. The quantitative estimate of drug-likeness (QED) is 0.293. The van der Waals surface area contributed by atoms with Crippen LogP contribution in [-0.4, -0.2) is 80.3 Å². The van der Waals surface area contributed by atoms with Gasteiger partial charge in [0, 0.05) is 5.92 Å². The van der Waals surface area contributed by atoms with Crippen LogP contribution in [0.3, 0.4) is 0 Å². The van der Waals surface area contributed by atoms with Crippen LogP contribution in [0.25, 0.3) is 0 Å². The molecule has 5 aliphatic carbocycles. The Labute approximate surface area is 262 Å². The van der Waals surface area contributed by atoms with E-state index in [-0.39, 0.29) is 39.1 Å². The van der Waals surface area contributed by atoms with Gasteiger partial charge in [0.2, 0.25) is 0 Å². The molecule has 0 bridgehead atoms. The first-order valence-electron chi connectivity index (χ1n) is 17.4. The van der Waals surface area contributed by atoms with Crippen molar-refractivity contribution in [1.29, 1.82) is 0 Å². The first-order chi connectivity index (χ1) is 20.5. The lowest BCUT2D eigenvalue weighted by molar-refractivity contribution is -0.374. The third-order valence-electron chi connectivity index (χ3n) is 15.8. The average Bonchev–Trinajstić information content (AvgIpc) is 2.94. The van der Waals surface area contributed by atoms with Crippen molar-refractivity contribution in [2.24, 2.45) is 50.7 Å². The molecular weight excluding hydrogens is 560 g/mol. The molecule has 0 spiro atoms. The summed E-state index contributed by atoms with van der Waals surface area (Å²) in [6.07, 6.45) is 5.86. The second-order valence-electron chi connectivity index (χ2n) is 17.9. The van der Waals surface area contributed by atoms with E-state index in [4.69, 9.17) is 9.47 Å². The molecule has 2 saturated heterocycles. The number of allylic oxidation sites excluding steroid dienone is 2. The van der Waals surface area contributed by atoms with E-state index in [1.807, 2.05) is 0 Å². The second-order valence-corrected chi connectivity index (χ2v) is 17.9. The van der Waals surface area contributed by atoms with Crippen molar-refractivity contribution in [2.45, 2.75) is 148 Å². The van der Waals surface area contributed by atoms with Crippen LogP contribution in [0.15, 0.2) is 11.6 Å². The van der Waals surface area contributed by atoms with E-state index < -0.39 is 54.6 Å². The molecule has 2 heterocycles. The summed E-state index contributed by atoms with van der Waals surface area (Å²) in [5, 5.41) is 52.0. The molecule has 0 aromatic rings. The van der Waals surface area contributed by atoms with Crippen LogP contribution in [0.2, 0.25) is 0 Å². The monoisotopic (exact) mass is 616 g/mol. The van der Waals surface area contributed by atoms with Gasteiger partial charge in [0.05, 0.1) is 23.7 Å². The molecule has 6 fully saturated rings. The van der Waals surface area contributed by atoms with Crippen LogP contribution >= 0.6 is 0 Å². The predicted octanol–water partition coefficient (Wildman–Crippen LogP) is 4.46. The zero-order valence-corrected chi connectivity index (χ0v) is 27.6. The van der Waals surface area contributed by atoms with Crippen LogP contribution < -0.4 is 0 Å². The third kappa shape index (κ3) is 3.82. The van der Waals surface area contributed by atoms with Crippen LogP contribution in [0.4, 0.5) is 0 Å². The Morgan fingerprint density at radius 2 is 1.57 bits per heavy atom. The number of hydrogen-bond acceptors (Lipinski definition) is 7. The first-order valence-corrected chi connectivity index (χ1v) is 17.4. The standard InChI is InChI=1S/C36H56O8/c1-31(2)13-15-36(30(41)42)16-14-33(4)19(21(36)17-31)7-8-23-32(3)11-9-20-28(29-27(40)26(39)25(38)22(18-37)43-29)44-35(20,6)24(32)10-12-34(23,33)5/h7,20-29,37-40H,8-18H2,1-6H3,(H,41,42)/t20-,21?,22?,23?,24?,25-,26?,27?,28?,29+,32+,33+,34+,35+,36-/m0/s1. The molecule has 0 aromatic heterocycles. The lowest BCUT2D eigenvalue weighted by atomic mass is 9.33. The second kappa shape index (κ2) is 9.76. The highest BCUT2D eigenvalue weighted by molar-refractivity contribution is 5.76. The molecule has 7 unspecified atom stereocenters. The highest BCUT2D eigenvalue weighted by Crippen LogP contribution is 2.76. The molecule has 44 heavy (non-hydrogen) atoms. The third-order valence-corrected chi connectivity index (χ3v) is 15.8. The van der Waals surface area contributed by atoms with Gasteiger partial charge in [-0.15, -0.1) is 0 Å². The topological polar surface area (TPSA) is 137 Å². The van der Waals surface area contributed by atoms with E-state index in [0.717, 1.165) is 64.2 Å². The van der Waals surface area contributed by atoms with Gasteiger partial charge in [0.25, 0.3) is 0 Å². The molecule has 0 aromatic carbocycles. The number of carboxylic acid groups (broad SMARTS) is 1. The smallest absolute Gasteiger partial charge is 0.310 e. The largest absolute Gasteiger partial charge is 0.481 e. The predicted molar refractivity (Wildman–Crippen MR) is 163 cm³/mol. The minimum atomic E-state index is -1.39. The van der Waals surface area contributed by atoms with Gasteiger partial charge >= 0.3 is 5.97 Å². The summed E-state index contributed by atoms with van der Waals surface area (Å²) in [6, 6.07) is 0. The molecule has 8 heteroatoms. The molecule has 248 valence electrons.